The number of aromatic nitrogens is 1. The molecule has 144 valence electrons. The van der Waals surface area contributed by atoms with Gasteiger partial charge in [-0.05, 0) is 43.3 Å². The van der Waals surface area contributed by atoms with Gasteiger partial charge in [0.25, 0.3) is 0 Å². The summed E-state index contributed by atoms with van der Waals surface area (Å²) in [6.07, 6.45) is 1.73. The minimum absolute atomic E-state index is 0.755. The lowest BCUT2D eigenvalue weighted by Gasteiger charge is -2.19. The summed E-state index contributed by atoms with van der Waals surface area (Å²) in [7, 11) is 1.70. The lowest BCUT2D eigenvalue weighted by Crippen LogP contribution is -2.21. The summed E-state index contributed by atoms with van der Waals surface area (Å²) in [5.41, 5.74) is 2.10. The van der Waals surface area contributed by atoms with Gasteiger partial charge in [-0.2, -0.15) is 0 Å². The molecule has 4 aromatic rings. The van der Waals surface area contributed by atoms with E-state index in [2.05, 4.69) is 35.4 Å². The van der Waals surface area contributed by atoms with Crippen molar-refractivity contribution in [1.29, 1.82) is 0 Å². The highest BCUT2D eigenvalue weighted by atomic mass is 32.1. The molecule has 0 amide bonds. The molecule has 0 atom stereocenters. The Hall–Kier alpha value is -2.41. The van der Waals surface area contributed by atoms with Crippen LogP contribution in [0.4, 0.5) is 0 Å². The Morgan fingerprint density at radius 2 is 1.93 bits per heavy atom. The largest absolute Gasteiger partial charge is 0.496 e. The van der Waals surface area contributed by atoms with Gasteiger partial charge in [0.1, 0.15) is 16.5 Å². The third-order valence-corrected chi connectivity index (χ3v) is 6.32. The summed E-state index contributed by atoms with van der Waals surface area (Å²) in [4.78, 5) is 9.93. The number of rotatable bonds is 8. The van der Waals surface area contributed by atoms with Crippen molar-refractivity contribution in [2.75, 3.05) is 7.11 Å². The van der Waals surface area contributed by atoms with E-state index in [0.29, 0.717) is 0 Å². The average molecular weight is 411 g/mol. The maximum atomic E-state index is 5.58. The number of furan rings is 1. The van der Waals surface area contributed by atoms with Gasteiger partial charge in [-0.25, -0.2) is 4.98 Å². The van der Waals surface area contributed by atoms with Crippen LogP contribution in [0.1, 0.15) is 21.2 Å². The van der Waals surface area contributed by atoms with E-state index < -0.39 is 0 Å². The van der Waals surface area contributed by atoms with Crippen LogP contribution in [0.15, 0.2) is 64.6 Å². The van der Waals surface area contributed by atoms with Gasteiger partial charge < -0.3 is 9.15 Å². The zero-order valence-electron chi connectivity index (χ0n) is 15.9. The van der Waals surface area contributed by atoms with Crippen LogP contribution in [-0.2, 0) is 19.6 Å². The highest BCUT2D eigenvalue weighted by Gasteiger charge is 2.15. The number of methoxy groups -OCH3 is 1. The van der Waals surface area contributed by atoms with Crippen molar-refractivity contribution in [2.45, 2.75) is 26.6 Å². The van der Waals surface area contributed by atoms with Gasteiger partial charge in [-0.15, -0.1) is 22.7 Å². The van der Waals surface area contributed by atoms with Crippen molar-refractivity contribution in [3.05, 3.63) is 81.4 Å². The monoisotopic (exact) mass is 410 g/mol. The van der Waals surface area contributed by atoms with E-state index in [1.54, 1.807) is 24.7 Å². The Bertz CT molecular complexity index is 1020. The van der Waals surface area contributed by atoms with E-state index in [9.17, 15) is 0 Å². The first-order valence-corrected chi connectivity index (χ1v) is 10.8. The van der Waals surface area contributed by atoms with Crippen LogP contribution < -0.4 is 4.74 Å². The Labute approximate surface area is 173 Å². The van der Waals surface area contributed by atoms with Crippen LogP contribution >= 0.6 is 22.7 Å². The van der Waals surface area contributed by atoms with Crippen molar-refractivity contribution in [1.82, 2.24) is 9.88 Å². The van der Waals surface area contributed by atoms with Crippen LogP contribution in [-0.4, -0.2) is 17.0 Å². The molecule has 28 heavy (non-hydrogen) atoms. The summed E-state index contributed by atoms with van der Waals surface area (Å²) in [6.45, 7) is 4.54. The lowest BCUT2D eigenvalue weighted by molar-refractivity contribution is 0.226. The number of aryl methyl sites for hydroxylation is 1. The predicted molar refractivity (Wildman–Crippen MR) is 115 cm³/mol. The quantitative estimate of drug-likeness (QED) is 0.358. The van der Waals surface area contributed by atoms with Crippen LogP contribution in [0.2, 0.25) is 0 Å². The van der Waals surface area contributed by atoms with Crippen LogP contribution in [0.5, 0.6) is 5.75 Å². The van der Waals surface area contributed by atoms with Gasteiger partial charge in [0.05, 0.1) is 31.2 Å². The molecule has 6 heteroatoms. The number of para-hydroxylation sites is 1. The molecule has 0 saturated carbocycles. The highest BCUT2D eigenvalue weighted by Crippen LogP contribution is 2.32. The zero-order valence-corrected chi connectivity index (χ0v) is 17.6. The Balaban J connectivity index is 1.54. The van der Waals surface area contributed by atoms with Crippen molar-refractivity contribution in [3.63, 3.8) is 0 Å². The minimum Gasteiger partial charge on any atom is -0.496 e. The number of thiazole rings is 1. The van der Waals surface area contributed by atoms with Crippen LogP contribution in [0.25, 0.3) is 10.6 Å². The first-order valence-electron chi connectivity index (χ1n) is 9.09. The van der Waals surface area contributed by atoms with E-state index in [1.807, 2.05) is 41.7 Å². The van der Waals surface area contributed by atoms with Gasteiger partial charge in [0, 0.05) is 28.2 Å². The van der Waals surface area contributed by atoms with Gasteiger partial charge >= 0.3 is 0 Å². The number of hydrogen-bond donors (Lipinski definition) is 0. The number of ether oxygens (including phenoxy) is 1. The standard InChI is InChI=1S/C22H22N2O2S2/c1-16-9-10-19(28-16)14-24(13-18-6-5-11-26-18)12-17-15-27-22(23-17)20-7-3-4-8-21(20)25-2/h3-11,15H,12-14H2,1-2H3. The van der Waals surface area contributed by atoms with E-state index in [4.69, 9.17) is 14.1 Å². The molecule has 4 nitrogen and oxygen atoms in total. The molecule has 0 aliphatic rings. The average Bonchev–Trinajstić information content (AvgIpc) is 3.45. The lowest BCUT2D eigenvalue weighted by atomic mass is 10.2. The number of benzene rings is 1. The molecule has 0 aliphatic heterocycles. The summed E-state index contributed by atoms with van der Waals surface area (Å²) in [5.74, 6) is 1.82. The maximum absolute atomic E-state index is 5.58. The molecule has 0 unspecified atom stereocenters. The Kier molecular flexibility index (Phi) is 5.90. The van der Waals surface area contributed by atoms with Crippen LogP contribution in [0, 0.1) is 6.92 Å². The predicted octanol–water partition coefficient (Wildman–Crippen LogP) is 5.98. The summed E-state index contributed by atoms with van der Waals surface area (Å²) in [6, 6.07) is 16.4. The van der Waals surface area contributed by atoms with Gasteiger partial charge in [0.2, 0.25) is 0 Å². The van der Waals surface area contributed by atoms with Crippen molar-refractivity contribution in [2.24, 2.45) is 0 Å². The molecular formula is C22H22N2O2S2. The SMILES string of the molecule is COc1ccccc1-c1nc(CN(Cc2ccco2)Cc2ccc(C)s2)cs1. The molecule has 0 radical (unpaired) electrons. The first-order chi connectivity index (χ1) is 13.7. The molecule has 0 aliphatic carbocycles. The summed E-state index contributed by atoms with van der Waals surface area (Å²) in [5, 5.41) is 3.12. The Morgan fingerprint density at radius 3 is 2.68 bits per heavy atom. The second-order valence-electron chi connectivity index (χ2n) is 6.58. The van der Waals surface area contributed by atoms with E-state index >= 15 is 0 Å². The fourth-order valence-corrected chi connectivity index (χ4v) is 4.91. The molecule has 3 heterocycles. The Morgan fingerprint density at radius 1 is 1.04 bits per heavy atom. The van der Waals surface area contributed by atoms with Gasteiger partial charge in [-0.3, -0.25) is 4.90 Å². The molecule has 0 N–H and O–H groups in total. The van der Waals surface area contributed by atoms with E-state index in [-0.39, 0.29) is 0 Å². The van der Waals surface area contributed by atoms with Crippen molar-refractivity contribution in [3.8, 4) is 16.3 Å². The molecular weight excluding hydrogens is 388 g/mol. The zero-order chi connectivity index (χ0) is 19.3. The molecule has 0 spiro atoms. The third kappa shape index (κ3) is 4.52. The molecule has 3 aromatic heterocycles. The van der Waals surface area contributed by atoms with Crippen molar-refractivity contribution < 1.29 is 9.15 Å². The van der Waals surface area contributed by atoms with E-state index in [1.165, 1.54) is 9.75 Å². The molecule has 4 rings (SSSR count). The first kappa shape index (κ1) is 18.9. The highest BCUT2D eigenvalue weighted by molar-refractivity contribution is 7.13. The fraction of sp³-hybridized carbons (Fsp3) is 0.227. The van der Waals surface area contributed by atoms with Gasteiger partial charge in [-0.1, -0.05) is 12.1 Å². The second kappa shape index (κ2) is 8.73. The fourth-order valence-electron chi connectivity index (χ4n) is 3.13. The maximum Gasteiger partial charge on any atom is 0.129 e. The summed E-state index contributed by atoms with van der Waals surface area (Å²) >= 11 is 3.49. The van der Waals surface area contributed by atoms with E-state index in [0.717, 1.165) is 47.4 Å². The molecule has 0 fully saturated rings. The number of nitrogens with zero attached hydrogens (tertiary/aromatic N) is 2. The molecule has 0 saturated heterocycles. The normalized spacial score (nSPS) is 11.2. The van der Waals surface area contributed by atoms with Crippen LogP contribution in [0.3, 0.4) is 0 Å². The van der Waals surface area contributed by atoms with Gasteiger partial charge in [0.15, 0.2) is 0 Å². The number of thiophene rings is 1. The van der Waals surface area contributed by atoms with Crippen molar-refractivity contribution >= 4 is 22.7 Å². The number of hydrogen-bond acceptors (Lipinski definition) is 6. The summed E-state index contributed by atoms with van der Waals surface area (Å²) < 4.78 is 11.1. The third-order valence-electron chi connectivity index (χ3n) is 4.41. The minimum atomic E-state index is 0.755. The topological polar surface area (TPSA) is 38.5 Å². The molecule has 1 aromatic carbocycles. The molecule has 0 bridgehead atoms. The second-order valence-corrected chi connectivity index (χ2v) is 8.81. The smallest absolute Gasteiger partial charge is 0.129 e.